The lowest BCUT2D eigenvalue weighted by Crippen LogP contribution is -2.46. The molecule has 0 aromatic heterocycles. The zero-order valence-electron chi connectivity index (χ0n) is 14.6. The van der Waals surface area contributed by atoms with Crippen LogP contribution >= 0.6 is 0 Å². The first-order valence-electron chi connectivity index (χ1n) is 8.92. The second-order valence-electron chi connectivity index (χ2n) is 5.81. The molecule has 5 nitrogen and oxygen atoms in total. The lowest BCUT2D eigenvalue weighted by Gasteiger charge is -2.33. The first kappa shape index (κ1) is 18.8. The molecule has 0 saturated carbocycles. The Morgan fingerprint density at radius 2 is 1.91 bits per heavy atom. The number of nitrogens with zero attached hydrogens (tertiary/aromatic N) is 2. The molecule has 0 aromatic carbocycles. The molecule has 1 N–H and O–H groups in total. The minimum absolute atomic E-state index is 0.0383. The fourth-order valence-electron chi connectivity index (χ4n) is 2.74. The van der Waals surface area contributed by atoms with Gasteiger partial charge in [-0.25, -0.2) is 0 Å². The van der Waals surface area contributed by atoms with Crippen molar-refractivity contribution in [1.82, 2.24) is 10.2 Å². The molecule has 0 unspecified atom stereocenters. The van der Waals surface area contributed by atoms with Crippen molar-refractivity contribution < 1.29 is 9.53 Å². The molecule has 22 heavy (non-hydrogen) atoms. The molecule has 1 heterocycles. The zero-order valence-corrected chi connectivity index (χ0v) is 14.6. The van der Waals surface area contributed by atoms with Crippen molar-refractivity contribution in [2.24, 2.45) is 10.9 Å². The third-order valence-corrected chi connectivity index (χ3v) is 4.02. The Balaban J connectivity index is 2.42. The topological polar surface area (TPSA) is 53.9 Å². The first-order valence-corrected chi connectivity index (χ1v) is 8.92. The SMILES string of the molecule is CCCCCCN=C(NCC)N1CCC(C(=O)OCC)CC1. The maximum atomic E-state index is 11.8. The molecular weight excluding hydrogens is 278 g/mol. The smallest absolute Gasteiger partial charge is 0.309 e. The number of hydrogen-bond donors (Lipinski definition) is 1. The summed E-state index contributed by atoms with van der Waals surface area (Å²) in [6, 6.07) is 0. The van der Waals surface area contributed by atoms with Gasteiger partial charge in [0.2, 0.25) is 0 Å². The van der Waals surface area contributed by atoms with Gasteiger partial charge >= 0.3 is 5.97 Å². The lowest BCUT2D eigenvalue weighted by atomic mass is 9.97. The summed E-state index contributed by atoms with van der Waals surface area (Å²) < 4.78 is 5.12. The average Bonchev–Trinajstić information content (AvgIpc) is 2.54. The fourth-order valence-corrected chi connectivity index (χ4v) is 2.74. The number of esters is 1. The Hall–Kier alpha value is -1.26. The summed E-state index contributed by atoms with van der Waals surface area (Å²) in [5.74, 6) is 1.02. The Bertz CT molecular complexity index is 337. The second-order valence-corrected chi connectivity index (χ2v) is 5.81. The van der Waals surface area contributed by atoms with E-state index < -0.39 is 0 Å². The number of carbonyl (C=O) groups excluding carboxylic acids is 1. The van der Waals surface area contributed by atoms with Crippen LogP contribution in [0.3, 0.4) is 0 Å². The number of carbonyl (C=O) groups is 1. The summed E-state index contributed by atoms with van der Waals surface area (Å²) >= 11 is 0. The number of rotatable bonds is 8. The van der Waals surface area contributed by atoms with Gasteiger partial charge in [0.15, 0.2) is 5.96 Å². The number of hydrogen-bond acceptors (Lipinski definition) is 3. The van der Waals surface area contributed by atoms with Crippen molar-refractivity contribution in [1.29, 1.82) is 0 Å². The largest absolute Gasteiger partial charge is 0.466 e. The van der Waals surface area contributed by atoms with Crippen LogP contribution in [0.2, 0.25) is 0 Å². The van der Waals surface area contributed by atoms with Crippen LogP contribution in [0.1, 0.15) is 59.3 Å². The van der Waals surface area contributed by atoms with E-state index in [1.807, 2.05) is 6.92 Å². The van der Waals surface area contributed by atoms with E-state index in [0.717, 1.165) is 51.4 Å². The van der Waals surface area contributed by atoms with E-state index in [1.54, 1.807) is 0 Å². The highest BCUT2D eigenvalue weighted by Gasteiger charge is 2.27. The van der Waals surface area contributed by atoms with Gasteiger partial charge in [-0.15, -0.1) is 0 Å². The highest BCUT2D eigenvalue weighted by molar-refractivity contribution is 5.80. The lowest BCUT2D eigenvalue weighted by molar-refractivity contribution is -0.149. The van der Waals surface area contributed by atoms with E-state index in [-0.39, 0.29) is 11.9 Å². The molecule has 1 aliphatic heterocycles. The van der Waals surface area contributed by atoms with Gasteiger partial charge in [-0.1, -0.05) is 26.2 Å². The summed E-state index contributed by atoms with van der Waals surface area (Å²) in [6.45, 7) is 10.2. The molecular formula is C17H33N3O2. The minimum Gasteiger partial charge on any atom is -0.466 e. The number of guanidine groups is 1. The summed E-state index contributed by atoms with van der Waals surface area (Å²) in [4.78, 5) is 18.8. The van der Waals surface area contributed by atoms with Crippen LogP contribution in [0, 0.1) is 5.92 Å². The number of aliphatic imine (C=N–C) groups is 1. The molecule has 0 aromatic rings. The zero-order chi connectivity index (χ0) is 16.2. The van der Waals surface area contributed by atoms with Crippen molar-refractivity contribution in [3.05, 3.63) is 0 Å². The predicted molar refractivity (Wildman–Crippen MR) is 91.1 cm³/mol. The van der Waals surface area contributed by atoms with Crippen LogP contribution in [-0.2, 0) is 9.53 Å². The van der Waals surface area contributed by atoms with Crippen LogP contribution < -0.4 is 5.32 Å². The van der Waals surface area contributed by atoms with Gasteiger partial charge < -0.3 is 15.0 Å². The van der Waals surface area contributed by atoms with Gasteiger partial charge in [0.05, 0.1) is 12.5 Å². The molecule has 0 aliphatic carbocycles. The van der Waals surface area contributed by atoms with E-state index in [1.165, 1.54) is 19.3 Å². The van der Waals surface area contributed by atoms with Crippen LogP contribution in [0.25, 0.3) is 0 Å². The van der Waals surface area contributed by atoms with Crippen molar-refractivity contribution in [3.63, 3.8) is 0 Å². The van der Waals surface area contributed by atoms with Crippen molar-refractivity contribution in [3.8, 4) is 0 Å². The molecule has 0 spiro atoms. The first-order chi connectivity index (χ1) is 10.7. The fraction of sp³-hybridized carbons (Fsp3) is 0.882. The number of ether oxygens (including phenoxy) is 1. The van der Waals surface area contributed by atoms with E-state index in [2.05, 4.69) is 24.1 Å². The van der Waals surface area contributed by atoms with Gasteiger partial charge in [0, 0.05) is 26.2 Å². The monoisotopic (exact) mass is 311 g/mol. The highest BCUT2D eigenvalue weighted by atomic mass is 16.5. The third-order valence-electron chi connectivity index (χ3n) is 4.02. The standard InChI is InChI=1S/C17H33N3O2/c1-4-7-8-9-12-19-17(18-5-2)20-13-10-15(11-14-20)16(21)22-6-3/h15H,4-14H2,1-3H3,(H,18,19). The van der Waals surface area contributed by atoms with Crippen molar-refractivity contribution >= 4 is 11.9 Å². The van der Waals surface area contributed by atoms with Crippen LogP contribution in [-0.4, -0.2) is 49.6 Å². The second kappa shape index (κ2) is 11.3. The van der Waals surface area contributed by atoms with E-state index in [4.69, 9.17) is 9.73 Å². The Labute approximate surface area is 135 Å². The normalized spacial score (nSPS) is 16.7. The molecule has 1 saturated heterocycles. The van der Waals surface area contributed by atoms with Crippen LogP contribution in [0.4, 0.5) is 0 Å². The van der Waals surface area contributed by atoms with Gasteiger partial charge in [-0.2, -0.15) is 0 Å². The number of unbranched alkanes of at least 4 members (excludes halogenated alkanes) is 3. The van der Waals surface area contributed by atoms with E-state index in [9.17, 15) is 4.79 Å². The van der Waals surface area contributed by atoms with Crippen LogP contribution in [0.5, 0.6) is 0 Å². The molecule has 128 valence electrons. The quantitative estimate of drug-likeness (QED) is 0.324. The molecule has 1 fully saturated rings. The van der Waals surface area contributed by atoms with Crippen molar-refractivity contribution in [2.75, 3.05) is 32.8 Å². The summed E-state index contributed by atoms with van der Waals surface area (Å²) in [6.07, 6.45) is 6.67. The Morgan fingerprint density at radius 3 is 2.50 bits per heavy atom. The molecule has 5 heteroatoms. The van der Waals surface area contributed by atoms with Gasteiger partial charge in [0.25, 0.3) is 0 Å². The van der Waals surface area contributed by atoms with E-state index >= 15 is 0 Å². The highest BCUT2D eigenvalue weighted by Crippen LogP contribution is 2.18. The van der Waals surface area contributed by atoms with Gasteiger partial charge in [-0.3, -0.25) is 9.79 Å². The molecule has 0 amide bonds. The summed E-state index contributed by atoms with van der Waals surface area (Å²) in [5, 5.41) is 3.37. The number of likely N-dealkylation sites (tertiary alicyclic amines) is 1. The summed E-state index contributed by atoms with van der Waals surface area (Å²) in [5.41, 5.74) is 0. The molecule has 0 radical (unpaired) electrons. The predicted octanol–water partition coefficient (Wildman–Crippen LogP) is 2.81. The van der Waals surface area contributed by atoms with E-state index in [0.29, 0.717) is 6.61 Å². The van der Waals surface area contributed by atoms with Gasteiger partial charge in [-0.05, 0) is 33.1 Å². The Kier molecular flexibility index (Phi) is 9.67. The third kappa shape index (κ3) is 6.67. The van der Waals surface area contributed by atoms with Crippen LogP contribution in [0.15, 0.2) is 4.99 Å². The maximum Gasteiger partial charge on any atom is 0.309 e. The molecule has 0 bridgehead atoms. The van der Waals surface area contributed by atoms with Gasteiger partial charge in [0.1, 0.15) is 0 Å². The number of piperidine rings is 1. The number of nitrogens with one attached hydrogen (secondary N) is 1. The average molecular weight is 311 g/mol. The molecule has 1 aliphatic rings. The summed E-state index contributed by atoms with van der Waals surface area (Å²) in [7, 11) is 0. The van der Waals surface area contributed by atoms with Crippen molar-refractivity contribution in [2.45, 2.75) is 59.3 Å². The minimum atomic E-state index is -0.0383. The molecule has 1 rings (SSSR count). The Morgan fingerprint density at radius 1 is 1.18 bits per heavy atom. The molecule has 0 atom stereocenters. The maximum absolute atomic E-state index is 11.8.